The van der Waals surface area contributed by atoms with E-state index < -0.39 is 0 Å². The standard InChI is InChI=1S/C17H25N3/c18-17-15-6-2-1-5-13(15)11-16(17)20-10-7-14(12-20)19-8-3-4-9-19/h1-2,5-6,14,16-17H,3-4,7-12,18H2. The van der Waals surface area contributed by atoms with Gasteiger partial charge in [-0.1, -0.05) is 24.3 Å². The Bertz CT molecular complexity index is 481. The van der Waals surface area contributed by atoms with Crippen molar-refractivity contribution >= 4 is 0 Å². The lowest BCUT2D eigenvalue weighted by atomic mass is 10.1. The van der Waals surface area contributed by atoms with Gasteiger partial charge >= 0.3 is 0 Å². The van der Waals surface area contributed by atoms with Crippen molar-refractivity contribution in [3.63, 3.8) is 0 Å². The Morgan fingerprint density at radius 3 is 2.60 bits per heavy atom. The van der Waals surface area contributed by atoms with Crippen molar-refractivity contribution < 1.29 is 0 Å². The summed E-state index contributed by atoms with van der Waals surface area (Å²) in [5.41, 5.74) is 9.36. The molecule has 3 heteroatoms. The van der Waals surface area contributed by atoms with Crippen LogP contribution in [0.2, 0.25) is 0 Å². The number of benzene rings is 1. The predicted molar refractivity (Wildman–Crippen MR) is 81.6 cm³/mol. The lowest BCUT2D eigenvalue weighted by Crippen LogP contribution is -2.42. The molecule has 3 unspecified atom stereocenters. The Morgan fingerprint density at radius 2 is 1.80 bits per heavy atom. The number of nitrogens with zero attached hydrogens (tertiary/aromatic N) is 2. The van der Waals surface area contributed by atoms with E-state index in [0.717, 1.165) is 12.5 Å². The van der Waals surface area contributed by atoms with Crippen LogP contribution in [0, 0.1) is 0 Å². The minimum atomic E-state index is 0.212. The molecule has 20 heavy (non-hydrogen) atoms. The fraction of sp³-hybridized carbons (Fsp3) is 0.647. The molecule has 3 aliphatic rings. The predicted octanol–water partition coefficient (Wildman–Crippen LogP) is 1.78. The fourth-order valence-electron chi connectivity index (χ4n) is 4.44. The second-order valence-corrected chi connectivity index (χ2v) is 6.68. The zero-order valence-electron chi connectivity index (χ0n) is 12.2. The van der Waals surface area contributed by atoms with E-state index in [-0.39, 0.29) is 6.04 Å². The minimum absolute atomic E-state index is 0.212. The summed E-state index contributed by atoms with van der Waals surface area (Å²) < 4.78 is 0. The summed E-state index contributed by atoms with van der Waals surface area (Å²) in [6.07, 6.45) is 5.26. The monoisotopic (exact) mass is 271 g/mol. The molecule has 0 aromatic heterocycles. The van der Waals surface area contributed by atoms with Gasteiger partial charge in [-0.2, -0.15) is 0 Å². The largest absolute Gasteiger partial charge is 0.323 e. The third-order valence-electron chi connectivity index (χ3n) is 5.58. The van der Waals surface area contributed by atoms with E-state index in [1.165, 1.54) is 56.6 Å². The molecule has 0 amide bonds. The Labute approximate surface area is 121 Å². The zero-order valence-corrected chi connectivity index (χ0v) is 12.2. The van der Waals surface area contributed by atoms with Gasteiger partial charge in [0, 0.05) is 31.2 Å². The van der Waals surface area contributed by atoms with Crippen LogP contribution >= 0.6 is 0 Å². The molecule has 3 atom stereocenters. The van der Waals surface area contributed by atoms with E-state index in [0.29, 0.717) is 6.04 Å². The first-order valence-electron chi connectivity index (χ1n) is 8.14. The molecule has 2 N–H and O–H groups in total. The highest BCUT2D eigenvalue weighted by molar-refractivity contribution is 5.37. The van der Waals surface area contributed by atoms with Gasteiger partial charge in [0.15, 0.2) is 0 Å². The first-order valence-corrected chi connectivity index (χ1v) is 8.14. The highest BCUT2D eigenvalue weighted by Crippen LogP contribution is 2.35. The van der Waals surface area contributed by atoms with Crippen LogP contribution in [0.3, 0.4) is 0 Å². The quantitative estimate of drug-likeness (QED) is 0.890. The summed E-state index contributed by atoms with van der Waals surface area (Å²) in [6.45, 7) is 5.09. The number of rotatable bonds is 2. The smallest absolute Gasteiger partial charge is 0.0459 e. The minimum Gasteiger partial charge on any atom is -0.323 e. The molecule has 2 fully saturated rings. The van der Waals surface area contributed by atoms with Crippen LogP contribution in [0.1, 0.15) is 36.4 Å². The van der Waals surface area contributed by atoms with Gasteiger partial charge in [0.2, 0.25) is 0 Å². The second kappa shape index (κ2) is 5.14. The maximum absolute atomic E-state index is 6.51. The van der Waals surface area contributed by atoms with Gasteiger partial charge in [-0.25, -0.2) is 0 Å². The van der Waals surface area contributed by atoms with Gasteiger partial charge in [0.25, 0.3) is 0 Å². The van der Waals surface area contributed by atoms with Crippen LogP contribution in [0.25, 0.3) is 0 Å². The first-order chi connectivity index (χ1) is 9.83. The molecular formula is C17H25N3. The average molecular weight is 271 g/mol. The van der Waals surface area contributed by atoms with Gasteiger partial charge in [-0.15, -0.1) is 0 Å². The average Bonchev–Trinajstić information content (AvgIpc) is 3.17. The van der Waals surface area contributed by atoms with Crippen LogP contribution < -0.4 is 5.73 Å². The Kier molecular flexibility index (Phi) is 3.29. The Morgan fingerprint density at radius 1 is 1.00 bits per heavy atom. The SMILES string of the molecule is NC1c2ccccc2CC1N1CCC(N2CCCC2)C1. The van der Waals surface area contributed by atoms with Crippen LogP contribution in [-0.4, -0.2) is 48.1 Å². The van der Waals surface area contributed by atoms with E-state index in [2.05, 4.69) is 34.1 Å². The lowest BCUT2D eigenvalue weighted by Gasteiger charge is -2.29. The molecule has 0 bridgehead atoms. The van der Waals surface area contributed by atoms with Crippen LogP contribution in [-0.2, 0) is 6.42 Å². The summed E-state index contributed by atoms with van der Waals surface area (Å²) in [6, 6.07) is 10.3. The number of fused-ring (bicyclic) bond motifs is 1. The highest BCUT2D eigenvalue weighted by Gasteiger charge is 2.38. The van der Waals surface area contributed by atoms with Gasteiger partial charge in [0.1, 0.15) is 0 Å². The molecular weight excluding hydrogens is 246 g/mol. The number of hydrogen-bond acceptors (Lipinski definition) is 3. The van der Waals surface area contributed by atoms with Gasteiger partial charge < -0.3 is 5.73 Å². The molecule has 1 aromatic rings. The molecule has 2 aliphatic heterocycles. The summed E-state index contributed by atoms with van der Waals surface area (Å²) in [4.78, 5) is 5.36. The van der Waals surface area contributed by atoms with Gasteiger partial charge in [0.05, 0.1) is 0 Å². The van der Waals surface area contributed by atoms with E-state index >= 15 is 0 Å². The molecule has 1 aliphatic carbocycles. The third kappa shape index (κ3) is 2.09. The van der Waals surface area contributed by atoms with E-state index in [4.69, 9.17) is 5.73 Å². The summed E-state index contributed by atoms with van der Waals surface area (Å²) >= 11 is 0. The third-order valence-corrected chi connectivity index (χ3v) is 5.58. The second-order valence-electron chi connectivity index (χ2n) is 6.68. The van der Waals surface area contributed by atoms with Crippen molar-refractivity contribution in [3.8, 4) is 0 Å². The molecule has 0 spiro atoms. The molecule has 0 saturated carbocycles. The molecule has 4 rings (SSSR count). The van der Waals surface area contributed by atoms with E-state index in [1.54, 1.807) is 0 Å². The van der Waals surface area contributed by atoms with E-state index in [1.807, 2.05) is 0 Å². The summed E-state index contributed by atoms with van der Waals surface area (Å²) in [7, 11) is 0. The molecule has 1 aromatic carbocycles. The van der Waals surface area contributed by atoms with Crippen LogP contribution in [0.4, 0.5) is 0 Å². The summed E-state index contributed by atoms with van der Waals surface area (Å²) in [5, 5.41) is 0. The molecule has 3 nitrogen and oxygen atoms in total. The first kappa shape index (κ1) is 12.8. The van der Waals surface area contributed by atoms with Crippen molar-refractivity contribution in [2.45, 2.75) is 43.8 Å². The van der Waals surface area contributed by atoms with Crippen LogP contribution in [0.5, 0.6) is 0 Å². The molecule has 108 valence electrons. The molecule has 2 saturated heterocycles. The van der Waals surface area contributed by atoms with Gasteiger partial charge in [-0.05, 0) is 49.9 Å². The maximum atomic E-state index is 6.51. The maximum Gasteiger partial charge on any atom is 0.0459 e. The van der Waals surface area contributed by atoms with Gasteiger partial charge in [-0.3, -0.25) is 9.80 Å². The number of hydrogen-bond donors (Lipinski definition) is 1. The number of likely N-dealkylation sites (tertiary alicyclic amines) is 2. The fourth-order valence-corrected chi connectivity index (χ4v) is 4.44. The molecule has 2 heterocycles. The van der Waals surface area contributed by atoms with Crippen molar-refractivity contribution in [1.29, 1.82) is 0 Å². The Hall–Kier alpha value is -0.900. The topological polar surface area (TPSA) is 32.5 Å². The Balaban J connectivity index is 1.45. The molecule has 0 radical (unpaired) electrons. The van der Waals surface area contributed by atoms with Crippen molar-refractivity contribution in [2.75, 3.05) is 26.2 Å². The highest BCUT2D eigenvalue weighted by atomic mass is 15.3. The van der Waals surface area contributed by atoms with E-state index in [9.17, 15) is 0 Å². The summed E-state index contributed by atoms with van der Waals surface area (Å²) in [5.74, 6) is 0. The number of nitrogens with two attached hydrogens (primary N) is 1. The van der Waals surface area contributed by atoms with Crippen LogP contribution in [0.15, 0.2) is 24.3 Å². The van der Waals surface area contributed by atoms with Crippen molar-refractivity contribution in [2.24, 2.45) is 5.73 Å². The van der Waals surface area contributed by atoms with Crippen molar-refractivity contribution in [3.05, 3.63) is 35.4 Å². The normalized spacial score (nSPS) is 34.8. The van der Waals surface area contributed by atoms with Crippen molar-refractivity contribution in [1.82, 2.24) is 9.80 Å². The lowest BCUT2D eigenvalue weighted by molar-refractivity contribution is 0.188. The zero-order chi connectivity index (χ0) is 13.5.